The zero-order valence-electron chi connectivity index (χ0n) is 16.6. The number of amides is 1. The molecular formula is C22H31N3O2. The molecule has 2 atom stereocenters. The lowest BCUT2D eigenvalue weighted by Crippen LogP contribution is -2.30. The number of hydrogen-bond donors (Lipinski definition) is 2. The van der Waals surface area contributed by atoms with Crippen LogP contribution in [0.1, 0.15) is 64.0 Å². The molecule has 0 aromatic heterocycles. The predicted octanol–water partition coefficient (Wildman–Crippen LogP) is 4.51. The second-order valence-electron chi connectivity index (χ2n) is 8.86. The number of nitrogens with one attached hydrogen (secondary N) is 1. The fourth-order valence-corrected chi connectivity index (χ4v) is 4.08. The number of allylic oxidation sites excluding steroid dienone is 1. The van der Waals surface area contributed by atoms with Crippen molar-refractivity contribution in [1.29, 1.82) is 0 Å². The monoisotopic (exact) mass is 369 g/mol. The Morgan fingerprint density at radius 3 is 2.63 bits per heavy atom. The molecule has 0 spiro atoms. The molecule has 27 heavy (non-hydrogen) atoms. The van der Waals surface area contributed by atoms with E-state index in [-0.39, 0.29) is 11.5 Å². The molecule has 0 radical (unpaired) electrons. The van der Waals surface area contributed by atoms with Crippen LogP contribution in [0.4, 0.5) is 4.79 Å². The zero-order valence-corrected chi connectivity index (χ0v) is 16.6. The summed E-state index contributed by atoms with van der Waals surface area (Å²) in [5.41, 5.74) is 13.5. The molecule has 1 amide bonds. The highest BCUT2D eigenvalue weighted by Crippen LogP contribution is 2.33. The van der Waals surface area contributed by atoms with Crippen molar-refractivity contribution in [2.24, 2.45) is 22.2 Å². The van der Waals surface area contributed by atoms with Gasteiger partial charge in [-0.15, -0.1) is 0 Å². The SMILES string of the molecule is CC(C)(C)Cc1ccc(C2=NNC=C3CCC(OC(N)=O)CCCC32)cc1. The molecule has 0 bridgehead atoms. The van der Waals surface area contributed by atoms with Gasteiger partial charge in [0.1, 0.15) is 6.10 Å². The van der Waals surface area contributed by atoms with Crippen LogP contribution in [0.25, 0.3) is 0 Å². The van der Waals surface area contributed by atoms with Crippen LogP contribution in [0, 0.1) is 11.3 Å². The maximum atomic E-state index is 11.1. The van der Waals surface area contributed by atoms with Crippen LogP contribution >= 0.6 is 0 Å². The maximum Gasteiger partial charge on any atom is 0.404 e. The molecule has 3 N–H and O–H groups in total. The molecule has 1 aromatic rings. The van der Waals surface area contributed by atoms with Crippen molar-refractivity contribution >= 4 is 11.8 Å². The minimum absolute atomic E-state index is 0.0802. The standard InChI is InChI=1S/C22H31N3O2/c1-22(2,3)13-15-7-9-16(10-8-15)20-19-6-4-5-18(27-21(23)26)12-11-17(19)14-24-25-20/h7-10,14,18-19,24H,4-6,11-13H2,1-3H3,(H2,23,26). The summed E-state index contributed by atoms with van der Waals surface area (Å²) in [7, 11) is 0. The Labute approximate surface area is 162 Å². The summed E-state index contributed by atoms with van der Waals surface area (Å²) in [4.78, 5) is 11.1. The zero-order chi connectivity index (χ0) is 19.4. The number of nitrogens with zero attached hydrogens (tertiary/aromatic N) is 1. The maximum absolute atomic E-state index is 11.1. The Morgan fingerprint density at radius 2 is 1.96 bits per heavy atom. The van der Waals surface area contributed by atoms with E-state index in [0.29, 0.717) is 5.92 Å². The van der Waals surface area contributed by atoms with Gasteiger partial charge in [0, 0.05) is 12.1 Å². The lowest BCUT2D eigenvalue weighted by atomic mass is 9.80. The first-order valence-electron chi connectivity index (χ1n) is 9.89. The lowest BCUT2D eigenvalue weighted by Gasteiger charge is -2.30. The molecule has 5 nitrogen and oxygen atoms in total. The summed E-state index contributed by atoms with van der Waals surface area (Å²) >= 11 is 0. The Morgan fingerprint density at radius 1 is 1.22 bits per heavy atom. The summed E-state index contributed by atoms with van der Waals surface area (Å²) < 4.78 is 5.23. The smallest absolute Gasteiger partial charge is 0.404 e. The third-order valence-corrected chi connectivity index (χ3v) is 5.25. The Hall–Kier alpha value is -2.30. The van der Waals surface area contributed by atoms with Crippen molar-refractivity contribution < 1.29 is 9.53 Å². The third-order valence-electron chi connectivity index (χ3n) is 5.25. The van der Waals surface area contributed by atoms with Crippen molar-refractivity contribution in [2.75, 3.05) is 0 Å². The molecule has 1 aliphatic carbocycles. The molecule has 1 aliphatic heterocycles. The quantitative estimate of drug-likeness (QED) is 0.823. The highest BCUT2D eigenvalue weighted by Gasteiger charge is 2.28. The van der Waals surface area contributed by atoms with Gasteiger partial charge in [-0.1, -0.05) is 45.0 Å². The molecule has 0 saturated heterocycles. The van der Waals surface area contributed by atoms with Crippen molar-refractivity contribution in [3.8, 4) is 0 Å². The van der Waals surface area contributed by atoms with Gasteiger partial charge in [-0.05, 0) is 60.6 Å². The average molecular weight is 370 g/mol. The number of hydrogen-bond acceptors (Lipinski definition) is 4. The molecule has 3 rings (SSSR count). The van der Waals surface area contributed by atoms with Crippen LogP contribution in [0.5, 0.6) is 0 Å². The number of carbonyl (C=O) groups is 1. The van der Waals surface area contributed by atoms with E-state index in [1.807, 2.05) is 6.20 Å². The average Bonchev–Trinajstić information content (AvgIpc) is 2.57. The largest absolute Gasteiger partial charge is 0.446 e. The van der Waals surface area contributed by atoms with Crippen LogP contribution in [-0.2, 0) is 11.2 Å². The van der Waals surface area contributed by atoms with Gasteiger partial charge in [0.05, 0.1) is 5.71 Å². The predicted molar refractivity (Wildman–Crippen MR) is 108 cm³/mol. The summed E-state index contributed by atoms with van der Waals surface area (Å²) in [5, 5.41) is 4.61. The molecule has 2 aliphatic rings. The van der Waals surface area contributed by atoms with Gasteiger partial charge in [0.15, 0.2) is 0 Å². The number of rotatable bonds is 3. The van der Waals surface area contributed by atoms with E-state index in [4.69, 9.17) is 10.5 Å². The molecule has 5 heteroatoms. The van der Waals surface area contributed by atoms with Gasteiger partial charge < -0.3 is 10.5 Å². The van der Waals surface area contributed by atoms with E-state index < -0.39 is 6.09 Å². The number of hydrazone groups is 1. The molecule has 1 aromatic carbocycles. The first-order chi connectivity index (χ1) is 12.8. The fourth-order valence-electron chi connectivity index (χ4n) is 4.08. The number of primary amides is 1. The normalized spacial score (nSPS) is 23.1. The third kappa shape index (κ3) is 5.34. The van der Waals surface area contributed by atoms with Gasteiger partial charge in [0.25, 0.3) is 0 Å². The second-order valence-corrected chi connectivity index (χ2v) is 8.86. The highest BCUT2D eigenvalue weighted by molar-refractivity contribution is 6.04. The van der Waals surface area contributed by atoms with Gasteiger partial charge >= 0.3 is 6.09 Å². The highest BCUT2D eigenvalue weighted by atomic mass is 16.6. The molecule has 2 unspecified atom stereocenters. The number of ether oxygens (including phenoxy) is 1. The number of carbonyl (C=O) groups excluding carboxylic acids is 1. The number of nitrogens with two attached hydrogens (primary N) is 1. The number of fused-ring (bicyclic) bond motifs is 1. The van der Waals surface area contributed by atoms with Crippen LogP contribution in [0.2, 0.25) is 0 Å². The number of benzene rings is 1. The lowest BCUT2D eigenvalue weighted by molar-refractivity contribution is 0.0915. The van der Waals surface area contributed by atoms with Crippen molar-refractivity contribution in [1.82, 2.24) is 5.43 Å². The van der Waals surface area contributed by atoms with E-state index in [1.165, 1.54) is 16.7 Å². The fraction of sp³-hybridized carbons (Fsp3) is 0.545. The van der Waals surface area contributed by atoms with Crippen LogP contribution in [-0.4, -0.2) is 17.9 Å². The summed E-state index contributed by atoms with van der Waals surface area (Å²) in [6, 6.07) is 8.84. The van der Waals surface area contributed by atoms with Crippen LogP contribution in [0.15, 0.2) is 41.1 Å². The van der Waals surface area contributed by atoms with E-state index >= 15 is 0 Å². The minimum atomic E-state index is -0.675. The Kier molecular flexibility index (Phi) is 5.88. The Bertz CT molecular complexity index is 729. The van der Waals surface area contributed by atoms with Gasteiger partial charge in [-0.2, -0.15) is 5.10 Å². The topological polar surface area (TPSA) is 76.7 Å². The van der Waals surface area contributed by atoms with E-state index in [9.17, 15) is 4.79 Å². The summed E-state index contributed by atoms with van der Waals surface area (Å²) in [5.74, 6) is 0.328. The molecule has 1 heterocycles. The summed E-state index contributed by atoms with van der Waals surface area (Å²) in [6.45, 7) is 6.78. The summed E-state index contributed by atoms with van der Waals surface area (Å²) in [6.07, 6.45) is 6.87. The molecular weight excluding hydrogens is 338 g/mol. The van der Waals surface area contributed by atoms with E-state index in [0.717, 1.165) is 44.2 Å². The van der Waals surface area contributed by atoms with Crippen molar-refractivity contribution in [3.05, 3.63) is 47.2 Å². The Balaban J connectivity index is 1.71. The van der Waals surface area contributed by atoms with E-state index in [2.05, 4.69) is 55.6 Å². The molecule has 1 fully saturated rings. The van der Waals surface area contributed by atoms with Crippen LogP contribution < -0.4 is 11.2 Å². The van der Waals surface area contributed by atoms with Gasteiger partial charge in [-0.25, -0.2) is 4.79 Å². The van der Waals surface area contributed by atoms with Crippen molar-refractivity contribution in [2.45, 2.75) is 65.4 Å². The van der Waals surface area contributed by atoms with E-state index in [1.54, 1.807) is 0 Å². The molecule has 146 valence electrons. The van der Waals surface area contributed by atoms with Gasteiger partial charge in [-0.3, -0.25) is 5.43 Å². The second kappa shape index (κ2) is 8.15. The van der Waals surface area contributed by atoms with Gasteiger partial charge in [0.2, 0.25) is 0 Å². The first kappa shape index (κ1) is 19.5. The van der Waals surface area contributed by atoms with Crippen LogP contribution in [0.3, 0.4) is 0 Å². The first-order valence-corrected chi connectivity index (χ1v) is 9.89. The van der Waals surface area contributed by atoms with Crippen molar-refractivity contribution in [3.63, 3.8) is 0 Å². The minimum Gasteiger partial charge on any atom is -0.446 e. The molecule has 1 saturated carbocycles.